The van der Waals surface area contributed by atoms with E-state index in [2.05, 4.69) is 0 Å². The molecule has 0 fully saturated rings. The summed E-state index contributed by atoms with van der Waals surface area (Å²) in [6, 6.07) is 5.13. The smallest absolute Gasteiger partial charge is 0.311 e. The molecule has 1 aromatic rings. The van der Waals surface area contributed by atoms with E-state index in [1.165, 1.54) is 7.11 Å². The lowest BCUT2D eigenvalue weighted by Gasteiger charge is -2.28. The van der Waals surface area contributed by atoms with Crippen molar-refractivity contribution in [3.63, 3.8) is 0 Å². The SMILES string of the molecule is COc1ccc(CN(C(=O)CC(C)C)C(C)C)cc1OS(=O)(=O)C(C)C. The lowest BCUT2D eigenvalue weighted by atomic mass is 10.1. The van der Waals surface area contributed by atoms with E-state index in [0.29, 0.717) is 18.7 Å². The van der Waals surface area contributed by atoms with E-state index in [1.807, 2.05) is 33.8 Å². The lowest BCUT2D eigenvalue weighted by Crippen LogP contribution is -2.36. The molecule has 0 atom stereocenters. The Morgan fingerprint density at radius 2 is 1.69 bits per heavy atom. The van der Waals surface area contributed by atoms with Gasteiger partial charge in [-0.15, -0.1) is 0 Å². The minimum Gasteiger partial charge on any atom is -0.493 e. The summed E-state index contributed by atoms with van der Waals surface area (Å²) in [6.07, 6.45) is 0.472. The van der Waals surface area contributed by atoms with E-state index in [1.54, 1.807) is 30.9 Å². The molecule has 0 aromatic heterocycles. The van der Waals surface area contributed by atoms with Gasteiger partial charge in [-0.25, -0.2) is 0 Å². The van der Waals surface area contributed by atoms with Crippen LogP contribution in [0.2, 0.25) is 0 Å². The van der Waals surface area contributed by atoms with Crippen molar-refractivity contribution in [2.75, 3.05) is 7.11 Å². The van der Waals surface area contributed by atoms with Crippen LogP contribution in [0.1, 0.15) is 53.5 Å². The maximum atomic E-state index is 12.5. The van der Waals surface area contributed by atoms with Crippen molar-refractivity contribution < 1.29 is 22.1 Å². The Kier molecular flexibility index (Phi) is 7.93. The Hall–Kier alpha value is -1.76. The van der Waals surface area contributed by atoms with Crippen LogP contribution >= 0.6 is 0 Å². The quantitative estimate of drug-likeness (QED) is 0.607. The molecule has 26 heavy (non-hydrogen) atoms. The van der Waals surface area contributed by atoms with Gasteiger partial charge in [0.05, 0.1) is 12.4 Å². The van der Waals surface area contributed by atoms with Gasteiger partial charge in [0.15, 0.2) is 11.5 Å². The van der Waals surface area contributed by atoms with Crippen LogP contribution in [-0.4, -0.2) is 37.6 Å². The standard InChI is InChI=1S/C19H31NO5S/c1-13(2)10-19(21)20(14(3)4)12-16-8-9-17(24-7)18(11-16)25-26(22,23)15(5)6/h8-9,11,13-15H,10,12H2,1-7H3. The number of hydrogen-bond donors (Lipinski definition) is 0. The number of methoxy groups -OCH3 is 1. The summed E-state index contributed by atoms with van der Waals surface area (Å²) in [5, 5.41) is -0.671. The van der Waals surface area contributed by atoms with Crippen LogP contribution in [0.3, 0.4) is 0 Å². The van der Waals surface area contributed by atoms with E-state index in [4.69, 9.17) is 8.92 Å². The molecule has 7 heteroatoms. The van der Waals surface area contributed by atoms with Gasteiger partial charge in [-0.2, -0.15) is 8.42 Å². The molecule has 0 aliphatic heterocycles. The molecule has 1 rings (SSSR count). The second-order valence-electron chi connectivity index (χ2n) is 7.32. The van der Waals surface area contributed by atoms with E-state index in [-0.39, 0.29) is 23.6 Å². The van der Waals surface area contributed by atoms with Crippen LogP contribution in [0.4, 0.5) is 0 Å². The number of carbonyl (C=O) groups is 1. The van der Waals surface area contributed by atoms with Crippen molar-refractivity contribution >= 4 is 16.0 Å². The van der Waals surface area contributed by atoms with Crippen LogP contribution < -0.4 is 8.92 Å². The van der Waals surface area contributed by atoms with Gasteiger partial charge in [-0.1, -0.05) is 19.9 Å². The molecule has 148 valence electrons. The molecule has 1 amide bonds. The highest BCUT2D eigenvalue weighted by Crippen LogP contribution is 2.31. The molecule has 0 aliphatic rings. The first-order valence-corrected chi connectivity index (χ1v) is 10.3. The summed E-state index contributed by atoms with van der Waals surface area (Å²) in [5.74, 6) is 0.819. The van der Waals surface area contributed by atoms with Crippen LogP contribution in [0.25, 0.3) is 0 Å². The number of hydrogen-bond acceptors (Lipinski definition) is 5. The van der Waals surface area contributed by atoms with Gasteiger partial charge in [0.2, 0.25) is 5.91 Å². The van der Waals surface area contributed by atoms with Gasteiger partial charge in [-0.3, -0.25) is 4.79 Å². The molecule has 0 radical (unpaired) electrons. The largest absolute Gasteiger partial charge is 0.493 e. The summed E-state index contributed by atoms with van der Waals surface area (Å²) in [6.45, 7) is 11.4. The van der Waals surface area contributed by atoms with Crippen molar-refractivity contribution in [3.8, 4) is 11.5 Å². The molecule has 6 nitrogen and oxygen atoms in total. The number of ether oxygens (including phenoxy) is 1. The number of amides is 1. The summed E-state index contributed by atoms with van der Waals surface area (Å²) in [4.78, 5) is 14.3. The second kappa shape index (κ2) is 9.26. The van der Waals surface area contributed by atoms with Crippen molar-refractivity contribution in [3.05, 3.63) is 23.8 Å². The van der Waals surface area contributed by atoms with Gasteiger partial charge < -0.3 is 13.8 Å². The molecular formula is C19H31NO5S. The summed E-state index contributed by atoms with van der Waals surface area (Å²) in [7, 11) is -2.28. The number of rotatable bonds is 9. The van der Waals surface area contributed by atoms with Crippen molar-refractivity contribution in [1.29, 1.82) is 0 Å². The third-order valence-electron chi connectivity index (χ3n) is 3.89. The van der Waals surface area contributed by atoms with Gasteiger partial charge in [-0.05, 0) is 51.3 Å². The van der Waals surface area contributed by atoms with Crippen LogP contribution in [0.5, 0.6) is 11.5 Å². The molecule has 0 saturated heterocycles. The van der Waals surface area contributed by atoms with E-state index < -0.39 is 15.4 Å². The zero-order valence-electron chi connectivity index (χ0n) is 16.8. The molecule has 0 heterocycles. The Morgan fingerprint density at radius 3 is 2.15 bits per heavy atom. The molecular weight excluding hydrogens is 354 g/mol. The maximum absolute atomic E-state index is 12.5. The third kappa shape index (κ3) is 6.20. The molecule has 0 bridgehead atoms. The highest BCUT2D eigenvalue weighted by Gasteiger charge is 2.22. The van der Waals surface area contributed by atoms with Gasteiger partial charge >= 0.3 is 10.1 Å². The average Bonchev–Trinajstić information content (AvgIpc) is 2.51. The molecule has 1 aromatic carbocycles. The van der Waals surface area contributed by atoms with Crippen molar-refractivity contribution in [2.45, 2.75) is 65.8 Å². The van der Waals surface area contributed by atoms with Crippen LogP contribution in [0, 0.1) is 5.92 Å². The zero-order valence-corrected chi connectivity index (χ0v) is 17.6. The fraction of sp³-hybridized carbons (Fsp3) is 0.632. The first kappa shape index (κ1) is 22.3. The van der Waals surface area contributed by atoms with Gasteiger partial charge in [0.25, 0.3) is 0 Å². The first-order chi connectivity index (χ1) is 12.0. The van der Waals surface area contributed by atoms with E-state index in [9.17, 15) is 13.2 Å². The molecule has 0 spiro atoms. The minimum absolute atomic E-state index is 0.0344. The summed E-state index contributed by atoms with van der Waals surface area (Å²) < 4.78 is 34.6. The number of benzene rings is 1. The Balaban J connectivity index is 3.13. The fourth-order valence-electron chi connectivity index (χ4n) is 2.33. The number of carbonyl (C=O) groups excluding carboxylic acids is 1. The monoisotopic (exact) mass is 385 g/mol. The zero-order chi connectivity index (χ0) is 20.1. The Bertz CT molecular complexity index is 711. The highest BCUT2D eigenvalue weighted by molar-refractivity contribution is 7.87. The Morgan fingerprint density at radius 1 is 1.08 bits per heavy atom. The van der Waals surface area contributed by atoms with E-state index >= 15 is 0 Å². The topological polar surface area (TPSA) is 72.9 Å². The first-order valence-electron chi connectivity index (χ1n) is 8.87. The van der Waals surface area contributed by atoms with Gasteiger partial charge in [0, 0.05) is 19.0 Å². The summed E-state index contributed by atoms with van der Waals surface area (Å²) in [5.41, 5.74) is 0.783. The van der Waals surface area contributed by atoms with Crippen molar-refractivity contribution in [1.82, 2.24) is 4.90 Å². The molecule has 0 unspecified atom stereocenters. The average molecular weight is 386 g/mol. The van der Waals surface area contributed by atoms with Crippen LogP contribution in [-0.2, 0) is 21.5 Å². The predicted molar refractivity (Wildman–Crippen MR) is 103 cm³/mol. The van der Waals surface area contributed by atoms with Gasteiger partial charge in [0.1, 0.15) is 0 Å². The fourth-order valence-corrected chi connectivity index (χ4v) is 2.90. The maximum Gasteiger partial charge on any atom is 0.311 e. The highest BCUT2D eigenvalue weighted by atomic mass is 32.2. The second-order valence-corrected chi connectivity index (χ2v) is 9.42. The molecule has 0 N–H and O–H groups in total. The molecule has 0 saturated carbocycles. The predicted octanol–water partition coefficient (Wildman–Crippen LogP) is 3.60. The number of nitrogens with zero attached hydrogens (tertiary/aromatic N) is 1. The lowest BCUT2D eigenvalue weighted by molar-refractivity contribution is -0.134. The normalized spacial score (nSPS) is 11.9. The third-order valence-corrected chi connectivity index (χ3v) is 5.46. The Labute approximate surface area is 157 Å². The minimum atomic E-state index is -3.74. The summed E-state index contributed by atoms with van der Waals surface area (Å²) >= 11 is 0. The van der Waals surface area contributed by atoms with Crippen LogP contribution in [0.15, 0.2) is 18.2 Å². The van der Waals surface area contributed by atoms with E-state index in [0.717, 1.165) is 5.56 Å². The molecule has 0 aliphatic carbocycles. The van der Waals surface area contributed by atoms with Crippen molar-refractivity contribution in [2.24, 2.45) is 5.92 Å².